The van der Waals surface area contributed by atoms with Gasteiger partial charge in [0, 0.05) is 13.0 Å². The number of phosphoric acid groups is 1. The van der Waals surface area contributed by atoms with Crippen molar-refractivity contribution in [2.24, 2.45) is 0 Å². The average molecular weight is 779 g/mol. The minimum absolute atomic E-state index is 0.0581. The zero-order chi connectivity index (χ0) is 38.9. The molecule has 0 bridgehead atoms. The molecule has 0 aromatic rings. The second-order valence-electron chi connectivity index (χ2n) is 15.4. The van der Waals surface area contributed by atoms with Crippen molar-refractivity contribution in [2.75, 3.05) is 33.0 Å². The molecule has 318 valence electrons. The van der Waals surface area contributed by atoms with Crippen LogP contribution in [0.4, 0.5) is 0 Å². The van der Waals surface area contributed by atoms with E-state index in [-0.39, 0.29) is 25.6 Å². The molecule has 0 aliphatic carbocycles. The maximum absolute atomic E-state index is 12.6. The number of carbonyl (C=O) groups excluding carboxylic acids is 1. The topological polar surface area (TPSA) is 132 Å². The van der Waals surface area contributed by atoms with Gasteiger partial charge in [0.1, 0.15) is 12.2 Å². The summed E-state index contributed by atoms with van der Waals surface area (Å²) in [7, 11) is -4.51. The van der Waals surface area contributed by atoms with Gasteiger partial charge in [-0.25, -0.2) is 4.57 Å². The van der Waals surface area contributed by atoms with E-state index in [1.54, 1.807) is 0 Å². The number of unbranched alkanes of at least 4 members (excludes halogenated alkanes) is 30. The van der Waals surface area contributed by atoms with Crippen LogP contribution in [0.15, 0.2) is 0 Å². The van der Waals surface area contributed by atoms with Crippen LogP contribution in [0.3, 0.4) is 0 Å². The van der Waals surface area contributed by atoms with E-state index in [1.165, 1.54) is 173 Å². The van der Waals surface area contributed by atoms with E-state index in [2.05, 4.69) is 13.8 Å². The lowest BCUT2D eigenvalue weighted by atomic mass is 10.0. The summed E-state index contributed by atoms with van der Waals surface area (Å²) < 4.78 is 33.4. The number of hydrogen-bond donors (Lipinski definition) is 3. The largest absolute Gasteiger partial charge is 0.472 e. The molecule has 0 amide bonds. The van der Waals surface area contributed by atoms with Gasteiger partial charge >= 0.3 is 13.8 Å². The van der Waals surface area contributed by atoms with Crippen LogP contribution in [0.2, 0.25) is 0 Å². The molecule has 0 aromatic heterocycles. The Morgan fingerprint density at radius 3 is 1.23 bits per heavy atom. The van der Waals surface area contributed by atoms with Gasteiger partial charge in [0.25, 0.3) is 0 Å². The van der Waals surface area contributed by atoms with Crippen LogP contribution >= 0.6 is 7.82 Å². The summed E-state index contributed by atoms with van der Waals surface area (Å²) in [4.78, 5) is 22.5. The summed E-state index contributed by atoms with van der Waals surface area (Å²) in [6.07, 6.45) is 39.2. The van der Waals surface area contributed by atoms with Crippen molar-refractivity contribution >= 4 is 13.8 Å². The van der Waals surface area contributed by atoms with Crippen LogP contribution < -0.4 is 0 Å². The van der Waals surface area contributed by atoms with Gasteiger partial charge in [0.05, 0.1) is 26.4 Å². The molecule has 9 nitrogen and oxygen atoms in total. The predicted octanol–water partition coefficient (Wildman–Crippen LogP) is 12.3. The number of ether oxygens (including phenoxy) is 2. The van der Waals surface area contributed by atoms with Crippen molar-refractivity contribution in [2.45, 2.75) is 238 Å². The molecule has 0 aliphatic rings. The highest BCUT2D eigenvalue weighted by Gasteiger charge is 2.26. The lowest BCUT2D eigenvalue weighted by Gasteiger charge is -2.20. The zero-order valence-corrected chi connectivity index (χ0v) is 35.7. The smallest absolute Gasteiger partial charge is 0.457 e. The molecule has 0 fully saturated rings. The number of aliphatic hydroxyl groups is 2. The lowest BCUT2D eigenvalue weighted by Crippen LogP contribution is -2.29. The molecule has 0 saturated heterocycles. The van der Waals surface area contributed by atoms with Crippen LogP contribution in [-0.2, 0) is 27.9 Å². The molecule has 1 unspecified atom stereocenters. The van der Waals surface area contributed by atoms with Gasteiger partial charge < -0.3 is 24.6 Å². The quantitative estimate of drug-likeness (QED) is 0.0314. The van der Waals surface area contributed by atoms with Crippen molar-refractivity contribution in [3.8, 4) is 0 Å². The predicted molar refractivity (Wildman–Crippen MR) is 219 cm³/mol. The van der Waals surface area contributed by atoms with Crippen molar-refractivity contribution in [3.05, 3.63) is 0 Å². The van der Waals surface area contributed by atoms with Crippen molar-refractivity contribution in [1.29, 1.82) is 0 Å². The Balaban J connectivity index is 4.04. The molecular weight excluding hydrogens is 691 g/mol. The molecule has 0 saturated carbocycles. The summed E-state index contributed by atoms with van der Waals surface area (Å²) in [5, 5.41) is 18.3. The van der Waals surface area contributed by atoms with E-state index in [4.69, 9.17) is 23.6 Å². The third-order valence-corrected chi connectivity index (χ3v) is 11.0. The van der Waals surface area contributed by atoms with Crippen LogP contribution in [0.5, 0.6) is 0 Å². The Labute approximate surface area is 327 Å². The molecule has 53 heavy (non-hydrogen) atoms. The first-order chi connectivity index (χ1) is 25.8. The molecule has 0 spiro atoms. The fourth-order valence-corrected chi connectivity index (χ4v) is 7.38. The zero-order valence-electron chi connectivity index (χ0n) is 34.8. The van der Waals surface area contributed by atoms with Gasteiger partial charge in [-0.3, -0.25) is 13.8 Å². The number of esters is 1. The minimum Gasteiger partial charge on any atom is -0.457 e. The second-order valence-corrected chi connectivity index (χ2v) is 16.9. The van der Waals surface area contributed by atoms with Gasteiger partial charge in [-0.15, -0.1) is 0 Å². The van der Waals surface area contributed by atoms with E-state index in [0.29, 0.717) is 6.61 Å². The molecule has 3 atom stereocenters. The fourth-order valence-electron chi connectivity index (χ4n) is 6.59. The number of carbonyl (C=O) groups is 1. The first-order valence-corrected chi connectivity index (χ1v) is 24.0. The van der Waals surface area contributed by atoms with Crippen LogP contribution in [-0.4, -0.2) is 66.3 Å². The molecule has 3 N–H and O–H groups in total. The van der Waals surface area contributed by atoms with E-state index < -0.39 is 33.2 Å². The molecule has 0 aromatic carbocycles. The van der Waals surface area contributed by atoms with Crippen LogP contribution in [0.1, 0.15) is 226 Å². The first-order valence-electron chi connectivity index (χ1n) is 22.5. The van der Waals surface area contributed by atoms with Crippen LogP contribution in [0, 0.1) is 0 Å². The molecule has 0 radical (unpaired) electrons. The van der Waals surface area contributed by atoms with E-state index in [1.807, 2.05) is 0 Å². The third-order valence-electron chi connectivity index (χ3n) is 10.0. The summed E-state index contributed by atoms with van der Waals surface area (Å²) in [6.45, 7) is 3.57. The maximum atomic E-state index is 12.6. The monoisotopic (exact) mass is 779 g/mol. The Bertz CT molecular complexity index is 800. The van der Waals surface area contributed by atoms with Crippen molar-refractivity contribution in [1.82, 2.24) is 0 Å². The summed E-state index contributed by atoms with van der Waals surface area (Å²) in [5.74, 6) is -0.377. The van der Waals surface area contributed by atoms with Gasteiger partial charge in [-0.2, -0.15) is 0 Å². The Hall–Kier alpha value is -0.540. The number of aliphatic hydroxyl groups excluding tert-OH is 2. The Morgan fingerprint density at radius 2 is 0.849 bits per heavy atom. The van der Waals surface area contributed by atoms with Gasteiger partial charge in [-0.1, -0.05) is 206 Å². The number of phosphoric ester groups is 1. The highest BCUT2D eigenvalue weighted by Crippen LogP contribution is 2.43. The van der Waals surface area contributed by atoms with E-state index >= 15 is 0 Å². The summed E-state index contributed by atoms with van der Waals surface area (Å²) in [5.41, 5.74) is 0. The van der Waals surface area contributed by atoms with Crippen molar-refractivity contribution in [3.63, 3.8) is 0 Å². The van der Waals surface area contributed by atoms with Crippen molar-refractivity contribution < 1.29 is 43.0 Å². The number of hydrogen-bond acceptors (Lipinski definition) is 8. The Morgan fingerprint density at radius 1 is 0.509 bits per heavy atom. The second kappa shape index (κ2) is 41.1. The minimum atomic E-state index is -4.51. The van der Waals surface area contributed by atoms with Gasteiger partial charge in [0.15, 0.2) is 0 Å². The molecular formula is C43H87O9P. The average Bonchev–Trinajstić information content (AvgIpc) is 3.15. The SMILES string of the molecule is CCCCCCCCCCCCCCCCCCCCCCOC[C@H](COP(=O)(O)OC[C@@H](O)CO)OC(=O)CCCCCCCCCCCCCC. The fraction of sp³-hybridized carbons (Fsp3) is 0.977. The third kappa shape index (κ3) is 40.9. The molecule has 0 heterocycles. The molecule has 0 rings (SSSR count). The summed E-state index contributed by atoms with van der Waals surface area (Å²) >= 11 is 0. The number of rotatable bonds is 44. The van der Waals surface area contributed by atoms with E-state index in [0.717, 1.165) is 32.1 Å². The standard InChI is InChI=1S/C43H87O9P/c1-3-5-7-9-11-13-15-17-18-19-20-21-22-23-24-26-28-30-32-34-36-49-39-42(40-51-53(47,48)50-38-41(45)37-44)52-43(46)35-33-31-29-27-25-16-14-12-10-8-6-4-2/h41-42,44-45H,3-40H2,1-2H3,(H,47,48)/t41-,42+/m0/s1. The van der Waals surface area contributed by atoms with Crippen LogP contribution in [0.25, 0.3) is 0 Å². The van der Waals surface area contributed by atoms with Gasteiger partial charge in [0.2, 0.25) is 0 Å². The first kappa shape index (κ1) is 52.5. The normalized spacial score (nSPS) is 14.0. The Kier molecular flexibility index (Phi) is 40.7. The van der Waals surface area contributed by atoms with Gasteiger partial charge in [-0.05, 0) is 12.8 Å². The molecule has 0 aliphatic heterocycles. The highest BCUT2D eigenvalue weighted by molar-refractivity contribution is 7.47. The lowest BCUT2D eigenvalue weighted by molar-refractivity contribution is -0.154. The maximum Gasteiger partial charge on any atom is 0.472 e. The highest BCUT2D eigenvalue weighted by atomic mass is 31.2. The summed E-state index contributed by atoms with van der Waals surface area (Å²) in [6, 6.07) is 0. The molecule has 10 heteroatoms. The van der Waals surface area contributed by atoms with E-state index in [9.17, 15) is 19.4 Å².